The van der Waals surface area contributed by atoms with Crippen molar-refractivity contribution in [3.05, 3.63) is 46.2 Å². The minimum atomic E-state index is 0.259. The average molecular weight is 428 g/mol. The van der Waals surface area contributed by atoms with Crippen LogP contribution in [0.25, 0.3) is 0 Å². The lowest BCUT2D eigenvalue weighted by Gasteiger charge is -2.36. The maximum Gasteiger partial charge on any atom is 0.236 e. The fourth-order valence-electron chi connectivity index (χ4n) is 4.71. The predicted octanol–water partition coefficient (Wildman–Crippen LogP) is 3.00. The highest BCUT2D eigenvalue weighted by Crippen LogP contribution is 2.38. The molecule has 0 unspecified atom stereocenters. The molecule has 7 heteroatoms. The number of ether oxygens (including phenoxy) is 2. The fourth-order valence-corrected chi connectivity index (χ4v) is 5.46. The molecule has 160 valence electrons. The molecule has 3 aliphatic rings. The first kappa shape index (κ1) is 19.8. The molecule has 1 aromatic heterocycles. The van der Waals surface area contributed by atoms with E-state index in [9.17, 15) is 4.79 Å². The number of carbonyl (C=O) groups excluding carboxylic acids is 1. The fraction of sp³-hybridized carbons (Fsp3) is 0.522. The number of thiophene rings is 1. The summed E-state index contributed by atoms with van der Waals surface area (Å²) >= 11 is 1.81. The van der Waals surface area contributed by atoms with E-state index in [4.69, 9.17) is 9.47 Å². The number of hydrogen-bond acceptors (Lipinski definition) is 6. The van der Waals surface area contributed by atoms with Crippen LogP contribution in [-0.2, 0) is 11.3 Å². The quantitative estimate of drug-likeness (QED) is 0.734. The van der Waals surface area contributed by atoms with Gasteiger partial charge < -0.3 is 14.4 Å². The summed E-state index contributed by atoms with van der Waals surface area (Å²) in [6.07, 6.45) is 2.21. The second-order valence-electron chi connectivity index (χ2n) is 8.27. The van der Waals surface area contributed by atoms with Gasteiger partial charge in [0, 0.05) is 43.6 Å². The van der Waals surface area contributed by atoms with Crippen molar-refractivity contribution in [1.29, 1.82) is 0 Å². The highest BCUT2D eigenvalue weighted by atomic mass is 32.1. The van der Waals surface area contributed by atoms with Gasteiger partial charge in [-0.3, -0.25) is 14.6 Å². The van der Waals surface area contributed by atoms with Crippen molar-refractivity contribution in [1.82, 2.24) is 14.7 Å². The molecule has 5 rings (SSSR count). The van der Waals surface area contributed by atoms with Crippen LogP contribution in [0.1, 0.15) is 29.3 Å². The molecule has 6 nitrogen and oxygen atoms in total. The number of piperazine rings is 1. The van der Waals surface area contributed by atoms with Gasteiger partial charge in [0.25, 0.3) is 0 Å². The molecule has 0 aliphatic carbocycles. The Kier molecular flexibility index (Phi) is 5.93. The lowest BCUT2D eigenvalue weighted by Crippen LogP contribution is -2.50. The summed E-state index contributed by atoms with van der Waals surface area (Å²) in [4.78, 5) is 21.2. The topological polar surface area (TPSA) is 45.3 Å². The first-order valence-corrected chi connectivity index (χ1v) is 11.8. The second-order valence-corrected chi connectivity index (χ2v) is 9.30. The van der Waals surface area contributed by atoms with Crippen molar-refractivity contribution in [2.45, 2.75) is 25.4 Å². The molecule has 3 aliphatic heterocycles. The second kappa shape index (κ2) is 8.96. The lowest BCUT2D eigenvalue weighted by molar-refractivity contribution is -0.134. The van der Waals surface area contributed by atoms with Crippen molar-refractivity contribution in [3.63, 3.8) is 0 Å². The summed E-state index contributed by atoms with van der Waals surface area (Å²) in [6, 6.07) is 10.8. The van der Waals surface area contributed by atoms with Crippen LogP contribution in [-0.4, -0.2) is 73.1 Å². The summed E-state index contributed by atoms with van der Waals surface area (Å²) in [7, 11) is 0. The van der Waals surface area contributed by atoms with E-state index in [1.54, 1.807) is 11.3 Å². The van der Waals surface area contributed by atoms with Crippen LogP contribution in [0.4, 0.5) is 0 Å². The van der Waals surface area contributed by atoms with Crippen molar-refractivity contribution < 1.29 is 14.3 Å². The van der Waals surface area contributed by atoms with Gasteiger partial charge in [0.2, 0.25) is 5.91 Å². The smallest absolute Gasteiger partial charge is 0.236 e. The van der Waals surface area contributed by atoms with Gasteiger partial charge in [0.1, 0.15) is 13.2 Å². The van der Waals surface area contributed by atoms with E-state index in [1.165, 1.54) is 10.4 Å². The summed E-state index contributed by atoms with van der Waals surface area (Å²) in [5, 5.41) is 2.13. The molecule has 0 N–H and O–H groups in total. The van der Waals surface area contributed by atoms with Crippen molar-refractivity contribution in [2.75, 3.05) is 52.5 Å². The van der Waals surface area contributed by atoms with Gasteiger partial charge in [-0.1, -0.05) is 12.1 Å². The minimum absolute atomic E-state index is 0.259. The standard InChI is InChI=1S/C23H29N3O3S/c27-23(25-10-8-24(9-11-25)16-19-3-2-14-30-19)17-26-7-1-4-20(26)18-5-6-21-22(15-18)29-13-12-28-21/h2-3,5-6,14-15,20H,1,4,7-13,16-17H2/t20-/m0/s1. The average Bonchev–Trinajstić information content (AvgIpc) is 3.46. The number of nitrogens with zero attached hydrogens (tertiary/aromatic N) is 3. The summed E-state index contributed by atoms with van der Waals surface area (Å²) in [6.45, 7) is 7.24. The third-order valence-electron chi connectivity index (χ3n) is 6.34. The molecule has 2 fully saturated rings. The largest absolute Gasteiger partial charge is 0.486 e. The zero-order chi connectivity index (χ0) is 20.3. The minimum Gasteiger partial charge on any atom is -0.486 e. The van der Waals surface area contributed by atoms with E-state index < -0.39 is 0 Å². The van der Waals surface area contributed by atoms with Gasteiger partial charge in [-0.25, -0.2) is 0 Å². The van der Waals surface area contributed by atoms with Crippen LogP contribution >= 0.6 is 11.3 Å². The maximum atomic E-state index is 13.0. The van der Waals surface area contributed by atoms with Gasteiger partial charge in [0.05, 0.1) is 6.54 Å². The van der Waals surface area contributed by atoms with Gasteiger partial charge in [-0.05, 0) is 48.5 Å². The Hall–Kier alpha value is -2.09. The molecule has 2 aromatic rings. The Bertz CT molecular complexity index is 865. The van der Waals surface area contributed by atoms with Crippen molar-refractivity contribution >= 4 is 17.2 Å². The van der Waals surface area contributed by atoms with E-state index in [2.05, 4.69) is 39.4 Å². The third-order valence-corrected chi connectivity index (χ3v) is 7.20. The molecule has 0 bridgehead atoms. The van der Waals surface area contributed by atoms with Gasteiger partial charge in [-0.15, -0.1) is 11.3 Å². The molecule has 0 radical (unpaired) electrons. The van der Waals surface area contributed by atoms with Gasteiger partial charge >= 0.3 is 0 Å². The van der Waals surface area contributed by atoms with E-state index in [0.717, 1.165) is 63.6 Å². The molecule has 4 heterocycles. The zero-order valence-electron chi connectivity index (χ0n) is 17.3. The molecule has 1 amide bonds. The first-order chi connectivity index (χ1) is 14.8. The Morgan fingerprint density at radius 1 is 1.03 bits per heavy atom. The Balaban J connectivity index is 1.17. The van der Waals surface area contributed by atoms with Crippen molar-refractivity contribution in [2.24, 2.45) is 0 Å². The summed E-state index contributed by atoms with van der Waals surface area (Å²) in [5.41, 5.74) is 1.23. The van der Waals surface area contributed by atoms with Crippen LogP contribution < -0.4 is 9.47 Å². The number of fused-ring (bicyclic) bond motifs is 1. The number of hydrogen-bond donors (Lipinski definition) is 0. The molecular formula is C23H29N3O3S. The SMILES string of the molecule is O=C(CN1CCC[C@H]1c1ccc2c(c1)OCCO2)N1CCN(Cc2cccs2)CC1. The van der Waals surface area contributed by atoms with E-state index in [-0.39, 0.29) is 11.9 Å². The summed E-state index contributed by atoms with van der Waals surface area (Å²) < 4.78 is 11.4. The van der Waals surface area contributed by atoms with Crippen LogP contribution in [0.2, 0.25) is 0 Å². The molecule has 0 spiro atoms. The normalized spacial score (nSPS) is 22.4. The first-order valence-electron chi connectivity index (χ1n) is 10.9. The van der Waals surface area contributed by atoms with Crippen LogP contribution in [0.5, 0.6) is 11.5 Å². The number of rotatable bonds is 5. The van der Waals surface area contributed by atoms with Gasteiger partial charge in [-0.2, -0.15) is 0 Å². The number of likely N-dealkylation sites (tertiary alicyclic amines) is 1. The summed E-state index contributed by atoms with van der Waals surface area (Å²) in [5.74, 6) is 1.92. The van der Waals surface area contributed by atoms with E-state index in [0.29, 0.717) is 19.8 Å². The molecule has 1 aromatic carbocycles. The predicted molar refractivity (Wildman–Crippen MR) is 117 cm³/mol. The van der Waals surface area contributed by atoms with E-state index in [1.807, 2.05) is 11.0 Å². The van der Waals surface area contributed by atoms with Crippen LogP contribution in [0.15, 0.2) is 35.7 Å². The molecule has 1 atom stereocenters. The molecular weight excluding hydrogens is 398 g/mol. The monoisotopic (exact) mass is 427 g/mol. The maximum absolute atomic E-state index is 13.0. The Morgan fingerprint density at radius 2 is 1.87 bits per heavy atom. The number of benzene rings is 1. The van der Waals surface area contributed by atoms with Crippen LogP contribution in [0, 0.1) is 0 Å². The lowest BCUT2D eigenvalue weighted by atomic mass is 10.0. The molecule has 0 saturated carbocycles. The molecule has 2 saturated heterocycles. The molecule has 30 heavy (non-hydrogen) atoms. The highest BCUT2D eigenvalue weighted by Gasteiger charge is 2.31. The third kappa shape index (κ3) is 4.33. The number of carbonyl (C=O) groups is 1. The Labute approximate surface area is 182 Å². The van der Waals surface area contributed by atoms with Crippen LogP contribution in [0.3, 0.4) is 0 Å². The van der Waals surface area contributed by atoms with Crippen molar-refractivity contribution in [3.8, 4) is 11.5 Å². The van der Waals surface area contributed by atoms with E-state index >= 15 is 0 Å². The number of amides is 1. The zero-order valence-corrected chi connectivity index (χ0v) is 18.1. The van der Waals surface area contributed by atoms with Gasteiger partial charge in [0.15, 0.2) is 11.5 Å². The Morgan fingerprint density at radius 3 is 2.67 bits per heavy atom. The highest BCUT2D eigenvalue weighted by molar-refractivity contribution is 7.09.